The van der Waals surface area contributed by atoms with Crippen LogP contribution in [-0.2, 0) is 24.1 Å². The Balaban J connectivity index is 1.78. The lowest BCUT2D eigenvalue weighted by atomic mass is 10.1. The third-order valence-corrected chi connectivity index (χ3v) is 3.33. The number of carboxylic acid groups (broad SMARTS) is 1. The number of benzene rings is 1. The minimum atomic E-state index is -0.840. The fraction of sp³-hybridized carbons (Fsp3) is 0.267. The Morgan fingerprint density at radius 2 is 2.00 bits per heavy atom. The lowest BCUT2D eigenvalue weighted by Crippen LogP contribution is -2.00. The Kier molecular flexibility index (Phi) is 3.33. The lowest BCUT2D eigenvalue weighted by Gasteiger charge is -2.08. The van der Waals surface area contributed by atoms with Gasteiger partial charge >= 0.3 is 5.97 Å². The number of nitrogens with zero attached hydrogens (tertiary/aromatic N) is 2. The summed E-state index contributed by atoms with van der Waals surface area (Å²) in [6, 6.07) is 7.04. The Bertz CT molecular complexity index is 638. The molecular formula is C15H14N2O3. The van der Waals surface area contributed by atoms with Crippen molar-refractivity contribution in [2.45, 2.75) is 25.7 Å². The Morgan fingerprint density at radius 1 is 1.20 bits per heavy atom. The van der Waals surface area contributed by atoms with Crippen LogP contribution in [0.4, 0.5) is 0 Å². The second-order valence-corrected chi connectivity index (χ2v) is 4.77. The maximum Gasteiger partial charge on any atom is 0.307 e. The quantitative estimate of drug-likeness (QED) is 0.923. The molecule has 0 unspecified atom stereocenters. The van der Waals surface area contributed by atoms with Gasteiger partial charge in [0.2, 0.25) is 5.88 Å². The molecule has 1 aromatic carbocycles. The zero-order valence-electron chi connectivity index (χ0n) is 10.9. The molecule has 0 aliphatic heterocycles. The van der Waals surface area contributed by atoms with E-state index in [-0.39, 0.29) is 6.42 Å². The summed E-state index contributed by atoms with van der Waals surface area (Å²) in [4.78, 5) is 19.1. The van der Waals surface area contributed by atoms with Gasteiger partial charge in [-0.05, 0) is 37.0 Å². The smallest absolute Gasteiger partial charge is 0.307 e. The Morgan fingerprint density at radius 3 is 2.75 bits per heavy atom. The first-order valence-corrected chi connectivity index (χ1v) is 6.54. The number of aryl methyl sites for hydroxylation is 1. The highest BCUT2D eigenvalue weighted by Gasteiger charge is 2.18. The first-order chi connectivity index (χ1) is 9.72. The highest BCUT2D eigenvalue weighted by atomic mass is 16.5. The van der Waals surface area contributed by atoms with E-state index in [9.17, 15) is 4.79 Å². The molecule has 3 rings (SSSR count). The predicted molar refractivity (Wildman–Crippen MR) is 71.9 cm³/mol. The average molecular weight is 270 g/mol. The van der Waals surface area contributed by atoms with Crippen molar-refractivity contribution in [3.05, 3.63) is 47.4 Å². The molecule has 1 aliphatic rings. The molecular weight excluding hydrogens is 256 g/mol. The average Bonchev–Trinajstić information content (AvgIpc) is 2.90. The number of rotatable bonds is 4. The van der Waals surface area contributed by atoms with Crippen LogP contribution in [-0.4, -0.2) is 21.0 Å². The van der Waals surface area contributed by atoms with E-state index in [2.05, 4.69) is 9.97 Å². The van der Waals surface area contributed by atoms with Gasteiger partial charge in [-0.3, -0.25) is 4.79 Å². The molecule has 0 atom stereocenters. The molecule has 2 aromatic rings. The molecule has 1 N–H and O–H groups in total. The van der Waals surface area contributed by atoms with E-state index >= 15 is 0 Å². The summed E-state index contributed by atoms with van der Waals surface area (Å²) in [7, 11) is 0. The van der Waals surface area contributed by atoms with Crippen molar-refractivity contribution in [1.82, 2.24) is 9.97 Å². The van der Waals surface area contributed by atoms with Crippen molar-refractivity contribution >= 4 is 5.97 Å². The van der Waals surface area contributed by atoms with Crippen molar-refractivity contribution in [2.24, 2.45) is 0 Å². The molecule has 5 heteroatoms. The molecule has 1 aliphatic carbocycles. The summed E-state index contributed by atoms with van der Waals surface area (Å²) < 4.78 is 5.78. The molecule has 1 heterocycles. The number of carboxylic acids is 1. The second-order valence-electron chi connectivity index (χ2n) is 4.77. The standard InChI is InChI=1S/C15H14N2O3/c18-14(19)8-10-4-6-11(7-5-10)20-15-12-2-1-3-13(12)16-9-17-15/h4-7,9H,1-3,8H2,(H,18,19). The molecule has 0 bridgehead atoms. The fourth-order valence-corrected chi connectivity index (χ4v) is 2.38. The minimum Gasteiger partial charge on any atom is -0.481 e. The largest absolute Gasteiger partial charge is 0.481 e. The topological polar surface area (TPSA) is 72.3 Å². The van der Waals surface area contributed by atoms with Crippen LogP contribution in [0.3, 0.4) is 0 Å². The highest BCUT2D eigenvalue weighted by molar-refractivity contribution is 5.70. The third-order valence-electron chi connectivity index (χ3n) is 3.33. The van der Waals surface area contributed by atoms with Crippen LogP contribution in [0.2, 0.25) is 0 Å². The first-order valence-electron chi connectivity index (χ1n) is 6.54. The van der Waals surface area contributed by atoms with Crippen molar-refractivity contribution in [3.8, 4) is 11.6 Å². The lowest BCUT2D eigenvalue weighted by molar-refractivity contribution is -0.136. The molecule has 1 aromatic heterocycles. The van der Waals surface area contributed by atoms with Crippen molar-refractivity contribution in [1.29, 1.82) is 0 Å². The summed E-state index contributed by atoms with van der Waals surface area (Å²) in [5.74, 6) is 0.428. The van der Waals surface area contributed by atoms with E-state index in [1.807, 2.05) is 0 Å². The van der Waals surface area contributed by atoms with Gasteiger partial charge in [-0.1, -0.05) is 12.1 Å². The number of hydrogen-bond acceptors (Lipinski definition) is 4. The Hall–Kier alpha value is -2.43. The van der Waals surface area contributed by atoms with Gasteiger partial charge in [-0.25, -0.2) is 9.97 Å². The molecule has 0 radical (unpaired) electrons. The van der Waals surface area contributed by atoms with E-state index < -0.39 is 5.97 Å². The highest BCUT2D eigenvalue weighted by Crippen LogP contribution is 2.30. The van der Waals surface area contributed by atoms with Gasteiger partial charge < -0.3 is 9.84 Å². The molecule has 5 nitrogen and oxygen atoms in total. The van der Waals surface area contributed by atoms with Gasteiger partial charge in [0.05, 0.1) is 12.1 Å². The Labute approximate surface area is 116 Å². The maximum absolute atomic E-state index is 10.6. The fourth-order valence-electron chi connectivity index (χ4n) is 2.38. The summed E-state index contributed by atoms with van der Waals surface area (Å²) in [5, 5.41) is 8.73. The summed E-state index contributed by atoms with van der Waals surface area (Å²) >= 11 is 0. The number of carbonyl (C=O) groups is 1. The first kappa shape index (κ1) is 12.6. The summed E-state index contributed by atoms with van der Waals surface area (Å²) in [5.41, 5.74) is 2.90. The van der Waals surface area contributed by atoms with Crippen LogP contribution in [0, 0.1) is 0 Å². The molecule has 20 heavy (non-hydrogen) atoms. The monoisotopic (exact) mass is 270 g/mol. The van der Waals surface area contributed by atoms with E-state index in [0.29, 0.717) is 11.6 Å². The van der Waals surface area contributed by atoms with Crippen LogP contribution in [0.15, 0.2) is 30.6 Å². The van der Waals surface area contributed by atoms with Crippen LogP contribution >= 0.6 is 0 Å². The van der Waals surface area contributed by atoms with Gasteiger partial charge in [0.15, 0.2) is 0 Å². The van der Waals surface area contributed by atoms with E-state index in [1.165, 1.54) is 6.33 Å². The van der Waals surface area contributed by atoms with Gasteiger partial charge in [-0.2, -0.15) is 0 Å². The molecule has 0 saturated heterocycles. The molecule has 0 saturated carbocycles. The number of hydrogen-bond donors (Lipinski definition) is 1. The molecule has 0 spiro atoms. The number of fused-ring (bicyclic) bond motifs is 1. The van der Waals surface area contributed by atoms with Crippen LogP contribution < -0.4 is 4.74 Å². The van der Waals surface area contributed by atoms with Gasteiger partial charge in [0.1, 0.15) is 12.1 Å². The zero-order valence-corrected chi connectivity index (χ0v) is 10.9. The van der Waals surface area contributed by atoms with Crippen LogP contribution in [0.5, 0.6) is 11.6 Å². The van der Waals surface area contributed by atoms with Crippen molar-refractivity contribution in [3.63, 3.8) is 0 Å². The maximum atomic E-state index is 10.6. The van der Waals surface area contributed by atoms with Crippen molar-refractivity contribution in [2.75, 3.05) is 0 Å². The zero-order chi connectivity index (χ0) is 13.9. The van der Waals surface area contributed by atoms with Crippen LogP contribution in [0.25, 0.3) is 0 Å². The van der Waals surface area contributed by atoms with E-state index in [0.717, 1.165) is 36.1 Å². The molecule has 0 fully saturated rings. The van der Waals surface area contributed by atoms with Crippen molar-refractivity contribution < 1.29 is 14.6 Å². The normalized spacial score (nSPS) is 13.0. The van der Waals surface area contributed by atoms with Crippen LogP contribution in [0.1, 0.15) is 23.2 Å². The summed E-state index contributed by atoms with van der Waals surface area (Å²) in [6.45, 7) is 0. The summed E-state index contributed by atoms with van der Waals surface area (Å²) in [6.07, 6.45) is 4.55. The van der Waals surface area contributed by atoms with Gasteiger partial charge in [-0.15, -0.1) is 0 Å². The molecule has 0 amide bonds. The van der Waals surface area contributed by atoms with E-state index in [4.69, 9.17) is 9.84 Å². The van der Waals surface area contributed by atoms with E-state index in [1.54, 1.807) is 24.3 Å². The number of ether oxygens (including phenoxy) is 1. The second kappa shape index (κ2) is 5.28. The number of aromatic nitrogens is 2. The third kappa shape index (κ3) is 2.61. The molecule has 102 valence electrons. The SMILES string of the molecule is O=C(O)Cc1ccc(Oc2ncnc3c2CCC3)cc1. The predicted octanol–water partition coefficient (Wildman–Crippen LogP) is 2.38. The van der Waals surface area contributed by atoms with Gasteiger partial charge in [0, 0.05) is 5.56 Å². The van der Waals surface area contributed by atoms with Gasteiger partial charge in [0.25, 0.3) is 0 Å². The number of aliphatic carboxylic acids is 1. The minimum absolute atomic E-state index is 0.0170.